The van der Waals surface area contributed by atoms with Crippen LogP contribution in [0.15, 0.2) is 46.8 Å². The number of benzene rings is 2. The van der Waals surface area contributed by atoms with Crippen LogP contribution in [0.25, 0.3) is 0 Å². The number of ether oxygens (including phenoxy) is 2. The molecule has 3 rings (SSSR count). The predicted octanol–water partition coefficient (Wildman–Crippen LogP) is 3.16. The average molecular weight is 463 g/mol. The van der Waals surface area contributed by atoms with Gasteiger partial charge in [0.1, 0.15) is 11.5 Å². The van der Waals surface area contributed by atoms with Gasteiger partial charge in [-0.1, -0.05) is 29.0 Å². The minimum atomic E-state index is -3.99. The maximum absolute atomic E-state index is 12.8. The number of hydrogen-bond donors (Lipinski definition) is 2. The summed E-state index contributed by atoms with van der Waals surface area (Å²) in [6.45, 7) is 3.55. The third-order valence-corrected chi connectivity index (χ3v) is 7.12. The lowest BCUT2D eigenvalue weighted by Crippen LogP contribution is -2.27. The highest BCUT2D eigenvalue weighted by Crippen LogP contribution is 2.30. The van der Waals surface area contributed by atoms with Gasteiger partial charge in [-0.2, -0.15) is 0 Å². The molecule has 0 aliphatic carbocycles. The first-order valence-corrected chi connectivity index (χ1v) is 11.5. The summed E-state index contributed by atoms with van der Waals surface area (Å²) < 4.78 is 38.4. The highest BCUT2D eigenvalue weighted by Gasteiger charge is 2.25. The van der Waals surface area contributed by atoms with E-state index in [1.54, 1.807) is 43.3 Å². The Morgan fingerprint density at radius 2 is 1.87 bits per heavy atom. The quantitative estimate of drug-likeness (QED) is 0.494. The zero-order valence-corrected chi connectivity index (χ0v) is 19.0. The number of nitrogens with one attached hydrogen (secondary N) is 2. The molecule has 2 aromatic carbocycles. The first-order valence-electron chi connectivity index (χ1n) is 9.19. The van der Waals surface area contributed by atoms with Crippen molar-refractivity contribution in [1.29, 1.82) is 0 Å². The van der Waals surface area contributed by atoms with E-state index in [1.807, 2.05) is 13.0 Å². The van der Waals surface area contributed by atoms with Crippen LogP contribution in [0, 0.1) is 6.92 Å². The van der Waals surface area contributed by atoms with Gasteiger partial charge in [0.25, 0.3) is 15.9 Å². The van der Waals surface area contributed by atoms with Gasteiger partial charge in [0.05, 0.1) is 14.2 Å². The topological polar surface area (TPSA) is 120 Å². The molecule has 1 amide bonds. The Kier molecular flexibility index (Phi) is 6.88. The molecule has 164 valence electrons. The van der Waals surface area contributed by atoms with Crippen molar-refractivity contribution in [2.75, 3.05) is 19.5 Å². The van der Waals surface area contributed by atoms with E-state index in [2.05, 4.69) is 20.2 Å². The highest BCUT2D eigenvalue weighted by atomic mass is 32.2. The van der Waals surface area contributed by atoms with E-state index in [9.17, 15) is 13.2 Å². The summed E-state index contributed by atoms with van der Waals surface area (Å²) in [6, 6.07) is 11.5. The standard InChI is InChI=1S/C20H22N4O5S2/c1-12-6-5-7-14(10-12)18(25)21-19-22-23-20(30-19)31(26,27)24-13(2)16-11-15(28-3)8-9-17(16)29-4/h5-11,13,24H,1-4H3,(H,21,22,25)/t13-/m0/s1. The molecule has 1 heterocycles. The molecule has 0 aliphatic heterocycles. The van der Waals surface area contributed by atoms with Gasteiger partial charge in [-0.25, -0.2) is 13.1 Å². The Morgan fingerprint density at radius 1 is 1.10 bits per heavy atom. The van der Waals surface area contributed by atoms with Crippen molar-refractivity contribution in [3.63, 3.8) is 0 Å². The molecule has 11 heteroatoms. The second-order valence-electron chi connectivity index (χ2n) is 6.65. The minimum absolute atomic E-state index is 0.0819. The zero-order chi connectivity index (χ0) is 22.6. The summed E-state index contributed by atoms with van der Waals surface area (Å²) in [6.07, 6.45) is 0. The number of anilines is 1. The minimum Gasteiger partial charge on any atom is -0.497 e. The van der Waals surface area contributed by atoms with Gasteiger partial charge in [0.2, 0.25) is 9.47 Å². The fraction of sp³-hybridized carbons (Fsp3) is 0.250. The first kappa shape index (κ1) is 22.7. The maximum Gasteiger partial charge on any atom is 0.270 e. The Hall–Kier alpha value is -3.02. The number of carbonyl (C=O) groups is 1. The van der Waals surface area contributed by atoms with Crippen LogP contribution in [0.1, 0.15) is 34.5 Å². The third kappa shape index (κ3) is 5.37. The largest absolute Gasteiger partial charge is 0.497 e. The van der Waals surface area contributed by atoms with E-state index in [1.165, 1.54) is 14.2 Å². The molecule has 0 aliphatic rings. The number of amides is 1. The van der Waals surface area contributed by atoms with Crippen molar-refractivity contribution in [3.05, 3.63) is 59.2 Å². The van der Waals surface area contributed by atoms with Gasteiger partial charge < -0.3 is 9.47 Å². The number of aryl methyl sites for hydroxylation is 1. The summed E-state index contributed by atoms with van der Waals surface area (Å²) in [7, 11) is -0.969. The van der Waals surface area contributed by atoms with E-state index >= 15 is 0 Å². The van der Waals surface area contributed by atoms with Crippen LogP contribution in [-0.2, 0) is 10.0 Å². The SMILES string of the molecule is COc1ccc(OC)c([C@H](C)NS(=O)(=O)c2nnc(NC(=O)c3cccc(C)c3)s2)c1. The molecule has 0 saturated heterocycles. The number of carbonyl (C=O) groups excluding carboxylic acids is 1. The summed E-state index contributed by atoms with van der Waals surface area (Å²) >= 11 is 0.761. The molecule has 0 fully saturated rings. The van der Waals surface area contributed by atoms with Crippen molar-refractivity contribution in [3.8, 4) is 11.5 Å². The lowest BCUT2D eigenvalue weighted by molar-refractivity contribution is 0.102. The number of sulfonamides is 1. The molecule has 1 atom stereocenters. The second kappa shape index (κ2) is 9.41. The summed E-state index contributed by atoms with van der Waals surface area (Å²) in [5.41, 5.74) is 1.97. The van der Waals surface area contributed by atoms with Gasteiger partial charge in [-0.05, 0) is 44.2 Å². The Labute approximate surface area is 184 Å². The molecule has 2 N–H and O–H groups in total. The van der Waals surface area contributed by atoms with Crippen LogP contribution in [0.2, 0.25) is 0 Å². The van der Waals surface area contributed by atoms with Gasteiger partial charge in [0.15, 0.2) is 0 Å². The zero-order valence-electron chi connectivity index (χ0n) is 17.4. The van der Waals surface area contributed by atoms with Crippen molar-refractivity contribution < 1.29 is 22.7 Å². The van der Waals surface area contributed by atoms with Gasteiger partial charge in [-0.15, -0.1) is 10.2 Å². The van der Waals surface area contributed by atoms with E-state index < -0.39 is 22.0 Å². The molecule has 31 heavy (non-hydrogen) atoms. The van der Waals surface area contributed by atoms with Crippen molar-refractivity contribution >= 4 is 32.4 Å². The Bertz CT molecular complexity index is 1190. The molecule has 0 bridgehead atoms. The number of rotatable bonds is 8. The number of aromatic nitrogens is 2. The lowest BCUT2D eigenvalue weighted by atomic mass is 10.1. The molecule has 0 radical (unpaired) electrons. The highest BCUT2D eigenvalue weighted by molar-refractivity contribution is 7.91. The Morgan fingerprint density at radius 3 is 2.55 bits per heavy atom. The van der Waals surface area contributed by atoms with Crippen molar-refractivity contribution in [2.24, 2.45) is 0 Å². The van der Waals surface area contributed by atoms with Crippen molar-refractivity contribution in [2.45, 2.75) is 24.2 Å². The smallest absolute Gasteiger partial charge is 0.270 e. The Balaban J connectivity index is 1.76. The fourth-order valence-corrected chi connectivity index (χ4v) is 4.98. The molecule has 1 aromatic heterocycles. The fourth-order valence-electron chi connectivity index (χ4n) is 2.85. The average Bonchev–Trinajstić information content (AvgIpc) is 3.22. The van der Waals surface area contributed by atoms with E-state index in [0.717, 1.165) is 16.9 Å². The van der Waals surface area contributed by atoms with Crippen LogP contribution in [0.4, 0.5) is 5.13 Å². The van der Waals surface area contributed by atoms with E-state index in [-0.39, 0.29) is 9.47 Å². The van der Waals surface area contributed by atoms with Gasteiger partial charge in [0, 0.05) is 17.2 Å². The van der Waals surface area contributed by atoms with E-state index in [0.29, 0.717) is 22.6 Å². The number of hydrogen-bond acceptors (Lipinski definition) is 8. The van der Waals surface area contributed by atoms with Gasteiger partial charge in [-0.3, -0.25) is 10.1 Å². The first-order chi connectivity index (χ1) is 14.7. The second-order valence-corrected chi connectivity index (χ2v) is 9.51. The summed E-state index contributed by atoms with van der Waals surface area (Å²) in [4.78, 5) is 12.4. The van der Waals surface area contributed by atoms with Crippen LogP contribution in [0.3, 0.4) is 0 Å². The molecule has 9 nitrogen and oxygen atoms in total. The monoisotopic (exact) mass is 462 g/mol. The van der Waals surface area contributed by atoms with Crippen LogP contribution >= 0.6 is 11.3 Å². The molecule has 3 aromatic rings. The number of methoxy groups -OCH3 is 2. The number of nitrogens with zero attached hydrogens (tertiary/aromatic N) is 2. The third-order valence-electron chi connectivity index (χ3n) is 4.37. The molecule has 0 saturated carbocycles. The van der Waals surface area contributed by atoms with Crippen LogP contribution < -0.4 is 19.5 Å². The summed E-state index contributed by atoms with van der Waals surface area (Å²) in [5.74, 6) is 0.685. The van der Waals surface area contributed by atoms with Crippen LogP contribution in [0.5, 0.6) is 11.5 Å². The van der Waals surface area contributed by atoms with Crippen molar-refractivity contribution in [1.82, 2.24) is 14.9 Å². The molecular weight excluding hydrogens is 440 g/mol. The summed E-state index contributed by atoms with van der Waals surface area (Å²) in [5, 5.41) is 10.2. The molecule has 0 spiro atoms. The van der Waals surface area contributed by atoms with Crippen LogP contribution in [-0.4, -0.2) is 38.7 Å². The van der Waals surface area contributed by atoms with E-state index in [4.69, 9.17) is 9.47 Å². The normalized spacial score (nSPS) is 12.3. The molecular formula is C20H22N4O5S2. The molecule has 0 unspecified atom stereocenters. The predicted molar refractivity (Wildman–Crippen MR) is 117 cm³/mol. The lowest BCUT2D eigenvalue weighted by Gasteiger charge is -2.17. The maximum atomic E-state index is 12.8. The van der Waals surface area contributed by atoms with Gasteiger partial charge >= 0.3 is 0 Å².